The Kier molecular flexibility index (Phi) is 5.83. The van der Waals surface area contributed by atoms with Crippen molar-refractivity contribution in [3.8, 4) is 17.3 Å². The van der Waals surface area contributed by atoms with Crippen molar-refractivity contribution in [3.05, 3.63) is 34.7 Å². The number of rotatable bonds is 6. The third kappa shape index (κ3) is 5.33. The summed E-state index contributed by atoms with van der Waals surface area (Å²) in [6, 6.07) is 9.42. The van der Waals surface area contributed by atoms with E-state index in [0.717, 1.165) is 21.2 Å². The highest BCUT2D eigenvalue weighted by Gasteiger charge is 2.25. The maximum Gasteiger partial charge on any atom is 0.390 e. The van der Waals surface area contributed by atoms with E-state index in [1.165, 1.54) is 23.3 Å². The number of halogens is 3. The molecular weight excluding hydrogens is 331 g/mol. The third-order valence-electron chi connectivity index (χ3n) is 2.63. The Labute approximate surface area is 134 Å². The molecule has 0 aliphatic rings. The summed E-state index contributed by atoms with van der Waals surface area (Å²) in [4.78, 5) is 5.18. The largest absolute Gasteiger partial charge is 0.390 e. The smallest absolute Gasteiger partial charge is 0.260 e. The van der Waals surface area contributed by atoms with Gasteiger partial charge in [-0.15, -0.1) is 11.3 Å². The van der Waals surface area contributed by atoms with Crippen LogP contribution in [0.5, 0.6) is 0 Å². The van der Waals surface area contributed by atoms with Crippen LogP contribution in [0.4, 0.5) is 13.2 Å². The van der Waals surface area contributed by atoms with Crippen molar-refractivity contribution in [3.63, 3.8) is 0 Å². The van der Waals surface area contributed by atoms with Gasteiger partial charge in [-0.2, -0.15) is 18.4 Å². The highest BCUT2D eigenvalue weighted by Crippen LogP contribution is 2.25. The van der Waals surface area contributed by atoms with Gasteiger partial charge in [-0.05, 0) is 24.1 Å². The van der Waals surface area contributed by atoms with Gasteiger partial charge < -0.3 is 0 Å². The first kappa shape index (κ1) is 16.8. The molecule has 22 heavy (non-hydrogen) atoms. The Balaban J connectivity index is 1.88. The second kappa shape index (κ2) is 7.63. The molecule has 0 amide bonds. The van der Waals surface area contributed by atoms with Crippen LogP contribution in [0, 0.1) is 11.3 Å². The van der Waals surface area contributed by atoms with E-state index in [1.54, 1.807) is 0 Å². The molecule has 0 radical (unpaired) electrons. The van der Waals surface area contributed by atoms with Crippen molar-refractivity contribution in [1.82, 2.24) is 9.71 Å². The van der Waals surface area contributed by atoms with Crippen LogP contribution in [0.3, 0.4) is 0 Å². The van der Waals surface area contributed by atoms with Crippen molar-refractivity contribution >= 4 is 23.3 Å². The number of hydrogen-bond acceptors (Lipinski definition) is 5. The number of hydrogen-bond donors (Lipinski definition) is 1. The zero-order valence-corrected chi connectivity index (χ0v) is 13.0. The lowest BCUT2D eigenvalue weighted by Gasteiger charge is -2.07. The molecule has 1 aromatic carbocycles. The van der Waals surface area contributed by atoms with Crippen molar-refractivity contribution in [2.24, 2.45) is 0 Å². The first-order chi connectivity index (χ1) is 10.5. The number of alkyl halides is 3. The van der Waals surface area contributed by atoms with Crippen molar-refractivity contribution < 1.29 is 13.2 Å². The van der Waals surface area contributed by atoms with E-state index >= 15 is 0 Å². The fourth-order valence-corrected chi connectivity index (χ4v) is 2.99. The second-order valence-corrected chi connectivity index (χ2v) is 6.25. The minimum Gasteiger partial charge on any atom is -0.260 e. The minimum absolute atomic E-state index is 0.125. The summed E-state index contributed by atoms with van der Waals surface area (Å²) in [5.74, 6) is 0. The van der Waals surface area contributed by atoms with Gasteiger partial charge in [0.05, 0.1) is 24.6 Å². The summed E-state index contributed by atoms with van der Waals surface area (Å²) in [6.07, 6.45) is -4.69. The van der Waals surface area contributed by atoms with Crippen LogP contribution in [0.2, 0.25) is 0 Å². The molecule has 2 rings (SSSR count). The van der Waals surface area contributed by atoms with Crippen molar-refractivity contribution in [2.45, 2.75) is 23.9 Å². The lowest BCUT2D eigenvalue weighted by molar-refractivity contribution is -0.132. The fourth-order valence-electron chi connectivity index (χ4n) is 1.61. The molecule has 0 saturated heterocycles. The van der Waals surface area contributed by atoms with Gasteiger partial charge in [-0.25, -0.2) is 4.98 Å². The van der Waals surface area contributed by atoms with E-state index in [2.05, 4.69) is 15.8 Å². The van der Waals surface area contributed by atoms with Gasteiger partial charge in [0.15, 0.2) is 0 Å². The van der Waals surface area contributed by atoms with Crippen molar-refractivity contribution in [2.75, 3.05) is 6.54 Å². The monoisotopic (exact) mass is 343 g/mol. The van der Waals surface area contributed by atoms with Gasteiger partial charge >= 0.3 is 6.18 Å². The average Bonchev–Trinajstić information content (AvgIpc) is 2.92. The molecule has 2 aromatic rings. The molecule has 0 saturated carbocycles. The number of nitrogens with one attached hydrogen (secondary N) is 1. The number of benzene rings is 1. The van der Waals surface area contributed by atoms with E-state index in [1.807, 2.05) is 29.6 Å². The molecule has 3 nitrogen and oxygen atoms in total. The quantitative estimate of drug-likeness (QED) is 0.623. The Morgan fingerprint density at radius 2 is 2.00 bits per heavy atom. The van der Waals surface area contributed by atoms with E-state index in [4.69, 9.17) is 5.26 Å². The predicted molar refractivity (Wildman–Crippen MR) is 81.4 cm³/mol. The van der Waals surface area contributed by atoms with Crippen LogP contribution in [-0.4, -0.2) is 17.7 Å². The highest BCUT2D eigenvalue weighted by molar-refractivity contribution is 7.97. The molecule has 0 fully saturated rings. The lowest BCUT2D eigenvalue weighted by Crippen LogP contribution is -2.16. The van der Waals surface area contributed by atoms with Crippen molar-refractivity contribution in [1.29, 1.82) is 5.26 Å². The van der Waals surface area contributed by atoms with Crippen LogP contribution in [0.25, 0.3) is 11.3 Å². The molecule has 8 heteroatoms. The molecule has 0 bridgehead atoms. The minimum atomic E-state index is -4.14. The molecule has 0 atom stereocenters. The predicted octanol–water partition coefficient (Wildman–Crippen LogP) is 4.43. The van der Waals surface area contributed by atoms with Gasteiger partial charge in [0.2, 0.25) is 0 Å². The summed E-state index contributed by atoms with van der Waals surface area (Å²) < 4.78 is 38.7. The summed E-state index contributed by atoms with van der Waals surface area (Å²) in [6.45, 7) is -0.125. The van der Waals surface area contributed by atoms with E-state index in [-0.39, 0.29) is 6.54 Å². The average molecular weight is 343 g/mol. The summed E-state index contributed by atoms with van der Waals surface area (Å²) in [5, 5.41) is 11.3. The molecule has 1 aromatic heterocycles. The van der Waals surface area contributed by atoms with Gasteiger partial charge in [-0.1, -0.05) is 12.1 Å². The SMILES string of the molecule is N#CCc1nc(-c2ccc(SNCCC(F)(F)F)cc2)cs1. The zero-order valence-electron chi connectivity index (χ0n) is 11.4. The van der Waals surface area contributed by atoms with Crippen LogP contribution >= 0.6 is 23.3 Å². The van der Waals surface area contributed by atoms with Gasteiger partial charge in [0.25, 0.3) is 0 Å². The van der Waals surface area contributed by atoms with Crippen LogP contribution < -0.4 is 4.72 Å². The third-order valence-corrected chi connectivity index (χ3v) is 4.34. The van der Waals surface area contributed by atoms with Crippen LogP contribution in [0.15, 0.2) is 34.5 Å². The number of thiazole rings is 1. The standard InChI is InChI=1S/C14H12F3N3S2/c15-14(16,17)6-8-19-22-11-3-1-10(2-4-11)12-9-21-13(20-12)5-7-18/h1-4,9,19H,5-6,8H2. The fraction of sp³-hybridized carbons (Fsp3) is 0.286. The molecule has 116 valence electrons. The van der Waals surface area contributed by atoms with Gasteiger partial charge in [-0.3, -0.25) is 4.72 Å². The Bertz CT molecular complexity index is 645. The Morgan fingerprint density at radius 3 is 2.64 bits per heavy atom. The van der Waals surface area contributed by atoms with E-state index in [9.17, 15) is 13.2 Å². The van der Waals surface area contributed by atoms with E-state index < -0.39 is 12.6 Å². The van der Waals surface area contributed by atoms with Crippen LogP contribution in [-0.2, 0) is 6.42 Å². The molecule has 0 aliphatic heterocycles. The molecule has 0 spiro atoms. The first-order valence-corrected chi connectivity index (χ1v) is 8.06. The topological polar surface area (TPSA) is 48.7 Å². The zero-order chi connectivity index (χ0) is 16.0. The summed E-state index contributed by atoms with van der Waals surface area (Å²) >= 11 is 2.60. The molecule has 0 unspecified atom stereocenters. The Hall–Kier alpha value is -1.56. The maximum absolute atomic E-state index is 12.0. The Morgan fingerprint density at radius 1 is 1.27 bits per heavy atom. The normalized spacial score (nSPS) is 11.4. The molecular formula is C14H12F3N3S2. The summed E-state index contributed by atoms with van der Waals surface area (Å²) in [5.41, 5.74) is 1.72. The van der Waals surface area contributed by atoms with Gasteiger partial charge in [0, 0.05) is 22.4 Å². The van der Waals surface area contributed by atoms with Crippen LogP contribution in [0.1, 0.15) is 11.4 Å². The molecule has 0 aliphatic carbocycles. The second-order valence-electron chi connectivity index (χ2n) is 4.35. The summed E-state index contributed by atoms with van der Waals surface area (Å²) in [7, 11) is 0. The van der Waals surface area contributed by atoms with Gasteiger partial charge in [0.1, 0.15) is 5.01 Å². The first-order valence-electron chi connectivity index (χ1n) is 6.36. The molecule has 1 heterocycles. The molecule has 1 N–H and O–H groups in total. The number of aromatic nitrogens is 1. The number of nitriles is 1. The lowest BCUT2D eigenvalue weighted by atomic mass is 10.2. The highest BCUT2D eigenvalue weighted by atomic mass is 32.2. The maximum atomic E-state index is 12.0. The number of nitrogens with zero attached hydrogens (tertiary/aromatic N) is 2. The van der Waals surface area contributed by atoms with E-state index in [0.29, 0.717) is 6.42 Å².